The van der Waals surface area contributed by atoms with Gasteiger partial charge in [0.05, 0.1) is 18.9 Å². The zero-order valence-electron chi connectivity index (χ0n) is 11.9. The Morgan fingerprint density at radius 2 is 2.05 bits per heavy atom. The molecule has 0 radical (unpaired) electrons. The van der Waals surface area contributed by atoms with Crippen molar-refractivity contribution in [1.82, 2.24) is 4.98 Å². The maximum absolute atomic E-state index is 5.78. The van der Waals surface area contributed by atoms with Crippen LogP contribution in [-0.4, -0.2) is 24.4 Å². The van der Waals surface area contributed by atoms with E-state index in [4.69, 9.17) is 10.5 Å². The van der Waals surface area contributed by atoms with Crippen molar-refractivity contribution in [3.63, 3.8) is 0 Å². The molecule has 108 valence electrons. The molecule has 5 nitrogen and oxygen atoms in total. The summed E-state index contributed by atoms with van der Waals surface area (Å²) in [5.41, 5.74) is 7.84. The smallest absolute Gasteiger partial charge is 0.149 e. The largest absolute Gasteiger partial charge is 0.496 e. The zero-order valence-corrected chi connectivity index (χ0v) is 11.9. The molecule has 1 aromatic heterocycles. The van der Waals surface area contributed by atoms with Crippen LogP contribution in [0.1, 0.15) is 18.0 Å². The fourth-order valence-corrected chi connectivity index (χ4v) is 2.58. The fraction of sp³-hybridized carbons (Fsp3) is 0.250. The fourth-order valence-electron chi connectivity index (χ4n) is 2.58. The molecule has 0 fully saturated rings. The van der Waals surface area contributed by atoms with Gasteiger partial charge in [0, 0.05) is 24.7 Å². The number of aromatic nitrogens is 1. The summed E-state index contributed by atoms with van der Waals surface area (Å²) in [5.74, 6) is 1.67. The summed E-state index contributed by atoms with van der Waals surface area (Å²) in [7, 11) is 1.68. The second kappa shape index (κ2) is 5.93. The van der Waals surface area contributed by atoms with Crippen LogP contribution in [0, 0.1) is 0 Å². The van der Waals surface area contributed by atoms with Crippen LogP contribution in [0.15, 0.2) is 53.8 Å². The standard InChI is InChI=1S/C16H18N4O/c1-21-15-7-3-2-6-13(15)14-10-12(11-17)19-20(14)16-8-4-5-9-18-16/h2-9,14H,10-11,17H2,1H3. The molecule has 0 spiro atoms. The maximum atomic E-state index is 5.78. The minimum absolute atomic E-state index is 0.0644. The van der Waals surface area contributed by atoms with Gasteiger partial charge in [0.2, 0.25) is 0 Å². The Morgan fingerprint density at radius 1 is 1.24 bits per heavy atom. The molecule has 2 heterocycles. The molecule has 2 aromatic rings. The van der Waals surface area contributed by atoms with Gasteiger partial charge in [-0.05, 0) is 18.2 Å². The SMILES string of the molecule is COc1ccccc1C1CC(CN)=NN1c1ccccn1. The number of rotatable bonds is 4. The lowest BCUT2D eigenvalue weighted by Gasteiger charge is -2.24. The summed E-state index contributed by atoms with van der Waals surface area (Å²) in [6.07, 6.45) is 2.55. The van der Waals surface area contributed by atoms with Crippen LogP contribution in [-0.2, 0) is 0 Å². The predicted molar refractivity (Wildman–Crippen MR) is 83.6 cm³/mol. The highest BCUT2D eigenvalue weighted by molar-refractivity contribution is 5.90. The number of benzene rings is 1. The molecule has 1 atom stereocenters. The van der Waals surface area contributed by atoms with Gasteiger partial charge >= 0.3 is 0 Å². The highest BCUT2D eigenvalue weighted by Gasteiger charge is 2.31. The first-order chi connectivity index (χ1) is 10.3. The van der Waals surface area contributed by atoms with E-state index in [9.17, 15) is 0 Å². The molecule has 0 saturated heterocycles. The van der Waals surface area contributed by atoms with Gasteiger partial charge in [-0.3, -0.25) is 0 Å². The van der Waals surface area contributed by atoms with Crippen LogP contribution in [0.4, 0.5) is 5.82 Å². The van der Waals surface area contributed by atoms with Crippen LogP contribution < -0.4 is 15.5 Å². The third kappa shape index (κ3) is 2.60. The number of nitrogens with zero attached hydrogens (tertiary/aromatic N) is 3. The Balaban J connectivity index is 2.01. The third-order valence-electron chi connectivity index (χ3n) is 3.59. The van der Waals surface area contributed by atoms with Gasteiger partial charge in [0.15, 0.2) is 0 Å². The molecule has 0 bridgehead atoms. The number of anilines is 1. The molecule has 1 aliphatic rings. The number of para-hydroxylation sites is 1. The van der Waals surface area contributed by atoms with Crippen LogP contribution >= 0.6 is 0 Å². The van der Waals surface area contributed by atoms with E-state index in [2.05, 4.69) is 16.2 Å². The quantitative estimate of drug-likeness (QED) is 0.935. The van der Waals surface area contributed by atoms with Crippen molar-refractivity contribution in [3.8, 4) is 5.75 Å². The summed E-state index contributed by atoms with van der Waals surface area (Å²) < 4.78 is 5.48. The highest BCUT2D eigenvalue weighted by Crippen LogP contribution is 2.37. The van der Waals surface area contributed by atoms with Crippen molar-refractivity contribution in [2.45, 2.75) is 12.5 Å². The van der Waals surface area contributed by atoms with E-state index in [0.29, 0.717) is 6.54 Å². The van der Waals surface area contributed by atoms with Gasteiger partial charge in [-0.2, -0.15) is 5.10 Å². The van der Waals surface area contributed by atoms with Crippen LogP contribution in [0.25, 0.3) is 0 Å². The maximum Gasteiger partial charge on any atom is 0.149 e. The number of hydrogen-bond donors (Lipinski definition) is 1. The predicted octanol–water partition coefficient (Wildman–Crippen LogP) is 2.36. The molecule has 0 aliphatic carbocycles. The molecule has 21 heavy (non-hydrogen) atoms. The van der Waals surface area contributed by atoms with Crippen molar-refractivity contribution >= 4 is 11.5 Å². The minimum atomic E-state index is 0.0644. The highest BCUT2D eigenvalue weighted by atomic mass is 16.5. The number of hydrogen-bond acceptors (Lipinski definition) is 5. The Kier molecular flexibility index (Phi) is 3.83. The van der Waals surface area contributed by atoms with Crippen molar-refractivity contribution in [1.29, 1.82) is 0 Å². The molecular formula is C16H18N4O. The van der Waals surface area contributed by atoms with Crippen molar-refractivity contribution in [3.05, 3.63) is 54.2 Å². The number of hydrazone groups is 1. The lowest BCUT2D eigenvalue weighted by Crippen LogP contribution is -2.20. The van der Waals surface area contributed by atoms with Gasteiger partial charge < -0.3 is 10.5 Å². The van der Waals surface area contributed by atoms with E-state index >= 15 is 0 Å². The zero-order chi connectivity index (χ0) is 14.7. The second-order valence-electron chi connectivity index (χ2n) is 4.86. The van der Waals surface area contributed by atoms with E-state index < -0.39 is 0 Å². The Bertz CT molecular complexity index is 642. The average Bonchev–Trinajstić information content (AvgIpc) is 3.00. The molecule has 0 amide bonds. The molecular weight excluding hydrogens is 264 g/mol. The topological polar surface area (TPSA) is 63.7 Å². The summed E-state index contributed by atoms with van der Waals surface area (Å²) in [6.45, 7) is 0.453. The van der Waals surface area contributed by atoms with Crippen LogP contribution in [0.5, 0.6) is 5.75 Å². The number of pyridine rings is 1. The molecule has 5 heteroatoms. The van der Waals surface area contributed by atoms with Gasteiger partial charge in [-0.25, -0.2) is 9.99 Å². The van der Waals surface area contributed by atoms with Gasteiger partial charge in [-0.15, -0.1) is 0 Å². The first-order valence-electron chi connectivity index (χ1n) is 6.93. The number of ether oxygens (including phenoxy) is 1. The minimum Gasteiger partial charge on any atom is -0.496 e. The number of methoxy groups -OCH3 is 1. The molecule has 3 rings (SSSR count). The van der Waals surface area contributed by atoms with Gasteiger partial charge in [0.25, 0.3) is 0 Å². The van der Waals surface area contributed by atoms with Crippen molar-refractivity contribution in [2.24, 2.45) is 10.8 Å². The number of nitrogens with two attached hydrogens (primary N) is 1. The first kappa shape index (κ1) is 13.6. The van der Waals surface area contributed by atoms with E-state index in [-0.39, 0.29) is 6.04 Å². The van der Waals surface area contributed by atoms with Crippen LogP contribution in [0.2, 0.25) is 0 Å². The molecule has 1 aromatic carbocycles. The summed E-state index contributed by atoms with van der Waals surface area (Å²) >= 11 is 0. The van der Waals surface area contributed by atoms with Crippen LogP contribution in [0.3, 0.4) is 0 Å². The van der Waals surface area contributed by atoms with Crippen molar-refractivity contribution in [2.75, 3.05) is 18.7 Å². The van der Waals surface area contributed by atoms with E-state index in [1.54, 1.807) is 13.3 Å². The Hall–Kier alpha value is -2.40. The summed E-state index contributed by atoms with van der Waals surface area (Å²) in [5, 5.41) is 6.55. The lowest BCUT2D eigenvalue weighted by atomic mass is 10.0. The third-order valence-corrected chi connectivity index (χ3v) is 3.59. The van der Waals surface area contributed by atoms with Gasteiger partial charge in [-0.1, -0.05) is 24.3 Å². The average molecular weight is 282 g/mol. The second-order valence-corrected chi connectivity index (χ2v) is 4.86. The van der Waals surface area contributed by atoms with E-state index in [1.807, 2.05) is 41.4 Å². The monoisotopic (exact) mass is 282 g/mol. The first-order valence-corrected chi connectivity index (χ1v) is 6.93. The molecule has 1 aliphatic heterocycles. The molecule has 1 unspecified atom stereocenters. The van der Waals surface area contributed by atoms with Gasteiger partial charge in [0.1, 0.15) is 11.6 Å². The van der Waals surface area contributed by atoms with E-state index in [1.165, 1.54) is 0 Å². The normalized spacial score (nSPS) is 17.7. The Labute approximate surface area is 124 Å². The Morgan fingerprint density at radius 3 is 2.76 bits per heavy atom. The summed E-state index contributed by atoms with van der Waals surface area (Å²) in [6, 6.07) is 13.9. The molecule has 0 saturated carbocycles. The lowest BCUT2D eigenvalue weighted by molar-refractivity contribution is 0.405. The van der Waals surface area contributed by atoms with E-state index in [0.717, 1.165) is 29.3 Å². The summed E-state index contributed by atoms with van der Waals surface area (Å²) in [4.78, 5) is 4.40. The molecule has 2 N–H and O–H groups in total. The van der Waals surface area contributed by atoms with Crippen molar-refractivity contribution < 1.29 is 4.74 Å².